The van der Waals surface area contributed by atoms with Crippen LogP contribution in [0, 0.1) is 13.8 Å². The molecule has 0 saturated carbocycles. The molecular formula is C16H22N2O5S. The fourth-order valence-corrected chi connectivity index (χ4v) is 3.86. The summed E-state index contributed by atoms with van der Waals surface area (Å²) in [7, 11) is -0.440. The third-order valence-corrected chi connectivity index (χ3v) is 5.32. The molecule has 0 aliphatic carbocycles. The van der Waals surface area contributed by atoms with Crippen LogP contribution in [-0.4, -0.2) is 34.3 Å². The predicted molar refractivity (Wildman–Crippen MR) is 89.0 cm³/mol. The van der Waals surface area contributed by atoms with E-state index in [4.69, 9.17) is 14.0 Å². The number of nitrogens with zero attached hydrogens (tertiary/aromatic N) is 1. The van der Waals surface area contributed by atoms with E-state index in [1.807, 2.05) is 18.2 Å². The lowest BCUT2D eigenvalue weighted by atomic mass is 10.1. The lowest BCUT2D eigenvalue weighted by molar-refractivity contribution is 0.354. The molecule has 1 heterocycles. The minimum absolute atomic E-state index is 0.119. The van der Waals surface area contributed by atoms with E-state index >= 15 is 0 Å². The van der Waals surface area contributed by atoms with Crippen LogP contribution in [0.3, 0.4) is 0 Å². The fraction of sp³-hybridized carbons (Fsp3) is 0.438. The molecule has 132 valence electrons. The molecule has 0 unspecified atom stereocenters. The van der Waals surface area contributed by atoms with Gasteiger partial charge in [0.1, 0.15) is 10.6 Å². The first-order valence-corrected chi connectivity index (χ1v) is 9.00. The van der Waals surface area contributed by atoms with Crippen LogP contribution in [-0.2, 0) is 16.4 Å². The molecule has 0 fully saturated rings. The Bertz CT molecular complexity index is 779. The molecule has 8 heteroatoms. The van der Waals surface area contributed by atoms with Crippen molar-refractivity contribution in [2.24, 2.45) is 0 Å². The number of benzene rings is 1. The molecule has 1 N–H and O–H groups in total. The lowest BCUT2D eigenvalue weighted by Crippen LogP contribution is -2.26. The van der Waals surface area contributed by atoms with Crippen LogP contribution in [0.2, 0.25) is 0 Å². The Morgan fingerprint density at radius 1 is 1.17 bits per heavy atom. The van der Waals surface area contributed by atoms with Gasteiger partial charge >= 0.3 is 0 Å². The molecule has 7 nitrogen and oxygen atoms in total. The van der Waals surface area contributed by atoms with Gasteiger partial charge in [-0.2, -0.15) is 0 Å². The molecule has 2 rings (SSSR count). The molecule has 0 radical (unpaired) electrons. The van der Waals surface area contributed by atoms with E-state index in [2.05, 4.69) is 9.88 Å². The van der Waals surface area contributed by atoms with Crippen LogP contribution in [0.15, 0.2) is 27.6 Å². The second-order valence-electron chi connectivity index (χ2n) is 5.34. The third-order valence-electron chi connectivity index (χ3n) is 3.62. The van der Waals surface area contributed by atoms with E-state index in [0.29, 0.717) is 42.3 Å². The Kier molecular flexibility index (Phi) is 5.84. The van der Waals surface area contributed by atoms with E-state index in [1.165, 1.54) is 0 Å². The largest absolute Gasteiger partial charge is 0.493 e. The Balaban J connectivity index is 1.93. The zero-order valence-corrected chi connectivity index (χ0v) is 15.1. The van der Waals surface area contributed by atoms with Gasteiger partial charge < -0.3 is 14.0 Å². The second kappa shape index (κ2) is 7.67. The van der Waals surface area contributed by atoms with Crippen molar-refractivity contribution in [2.45, 2.75) is 31.6 Å². The quantitative estimate of drug-likeness (QED) is 0.731. The fourth-order valence-electron chi connectivity index (χ4n) is 2.47. The molecule has 0 amide bonds. The first-order valence-electron chi connectivity index (χ1n) is 7.52. The van der Waals surface area contributed by atoms with Crippen LogP contribution < -0.4 is 14.2 Å². The zero-order valence-electron chi connectivity index (χ0n) is 14.3. The van der Waals surface area contributed by atoms with Gasteiger partial charge in [0.15, 0.2) is 17.3 Å². The third kappa shape index (κ3) is 4.07. The average molecular weight is 354 g/mol. The number of sulfonamides is 1. The zero-order chi connectivity index (χ0) is 17.7. The number of hydrogen-bond donors (Lipinski definition) is 1. The highest BCUT2D eigenvalue weighted by Gasteiger charge is 2.23. The number of ether oxygens (including phenoxy) is 2. The summed E-state index contributed by atoms with van der Waals surface area (Å²) >= 11 is 0. The first-order chi connectivity index (χ1) is 11.4. The monoisotopic (exact) mass is 354 g/mol. The summed E-state index contributed by atoms with van der Waals surface area (Å²) in [5.41, 5.74) is 1.41. The van der Waals surface area contributed by atoms with Crippen LogP contribution in [0.25, 0.3) is 0 Å². The number of nitrogens with one attached hydrogen (secondary N) is 1. The SMILES string of the molecule is COc1ccc(CCCNS(=O)(=O)c2c(C)noc2C)cc1OC. The van der Waals surface area contributed by atoms with Crippen LogP contribution in [0.4, 0.5) is 0 Å². The lowest BCUT2D eigenvalue weighted by Gasteiger charge is -2.10. The standard InChI is InChI=1S/C16H22N2O5S/c1-11-16(12(2)23-18-11)24(19,20)17-9-5-6-13-7-8-14(21-3)15(10-13)22-4/h7-8,10,17H,5-6,9H2,1-4H3. The summed E-state index contributed by atoms with van der Waals surface area (Å²) in [6.45, 7) is 3.51. The van der Waals surface area contributed by atoms with Crippen molar-refractivity contribution in [2.75, 3.05) is 20.8 Å². The highest BCUT2D eigenvalue weighted by Crippen LogP contribution is 2.28. The van der Waals surface area contributed by atoms with Gasteiger partial charge in [-0.25, -0.2) is 13.1 Å². The van der Waals surface area contributed by atoms with Gasteiger partial charge in [-0.05, 0) is 44.4 Å². The Hall–Kier alpha value is -2.06. The minimum Gasteiger partial charge on any atom is -0.493 e. The molecule has 0 aliphatic rings. The highest BCUT2D eigenvalue weighted by atomic mass is 32.2. The number of methoxy groups -OCH3 is 2. The van der Waals surface area contributed by atoms with Crippen molar-refractivity contribution in [3.05, 3.63) is 35.2 Å². The van der Waals surface area contributed by atoms with E-state index in [-0.39, 0.29) is 4.90 Å². The van der Waals surface area contributed by atoms with Gasteiger partial charge in [-0.3, -0.25) is 0 Å². The van der Waals surface area contributed by atoms with Crippen molar-refractivity contribution < 1.29 is 22.4 Å². The molecule has 0 spiro atoms. The van der Waals surface area contributed by atoms with E-state index in [1.54, 1.807) is 28.1 Å². The van der Waals surface area contributed by atoms with Crippen molar-refractivity contribution in [3.63, 3.8) is 0 Å². The van der Waals surface area contributed by atoms with Crippen molar-refractivity contribution in [1.82, 2.24) is 9.88 Å². The summed E-state index contributed by atoms with van der Waals surface area (Å²) in [5, 5.41) is 3.67. The van der Waals surface area contributed by atoms with Gasteiger partial charge in [-0.1, -0.05) is 11.2 Å². The van der Waals surface area contributed by atoms with Gasteiger partial charge in [-0.15, -0.1) is 0 Å². The number of aryl methyl sites for hydroxylation is 3. The summed E-state index contributed by atoms with van der Waals surface area (Å²) < 4.78 is 42.5. The van der Waals surface area contributed by atoms with E-state index < -0.39 is 10.0 Å². The summed E-state index contributed by atoms with van der Waals surface area (Å²) in [6.07, 6.45) is 1.36. The highest BCUT2D eigenvalue weighted by molar-refractivity contribution is 7.89. The molecule has 0 bridgehead atoms. The molecule has 2 aromatic rings. The molecule has 0 atom stereocenters. The van der Waals surface area contributed by atoms with Crippen LogP contribution in [0.1, 0.15) is 23.4 Å². The summed E-state index contributed by atoms with van der Waals surface area (Å²) in [4.78, 5) is 0.119. The van der Waals surface area contributed by atoms with Gasteiger partial charge in [0.25, 0.3) is 0 Å². The van der Waals surface area contributed by atoms with Crippen molar-refractivity contribution in [1.29, 1.82) is 0 Å². The van der Waals surface area contributed by atoms with Gasteiger partial charge in [0.2, 0.25) is 10.0 Å². The topological polar surface area (TPSA) is 90.7 Å². The van der Waals surface area contributed by atoms with Gasteiger partial charge in [0, 0.05) is 6.54 Å². The van der Waals surface area contributed by atoms with Crippen LogP contribution >= 0.6 is 0 Å². The summed E-state index contributed by atoms with van der Waals surface area (Å²) in [5.74, 6) is 1.62. The molecule has 1 aromatic heterocycles. The van der Waals surface area contributed by atoms with E-state index in [9.17, 15) is 8.42 Å². The average Bonchev–Trinajstić information content (AvgIpc) is 2.90. The first kappa shape index (κ1) is 18.3. The number of hydrogen-bond acceptors (Lipinski definition) is 6. The predicted octanol–water partition coefficient (Wildman–Crippen LogP) is 2.22. The normalized spacial score (nSPS) is 11.5. The maximum absolute atomic E-state index is 12.3. The molecule has 0 saturated heterocycles. The molecular weight excluding hydrogens is 332 g/mol. The number of aromatic nitrogens is 1. The number of rotatable bonds is 8. The second-order valence-corrected chi connectivity index (χ2v) is 7.05. The molecule has 24 heavy (non-hydrogen) atoms. The van der Waals surface area contributed by atoms with Gasteiger partial charge in [0.05, 0.1) is 14.2 Å². The Labute approximate surface area is 142 Å². The Morgan fingerprint density at radius 2 is 1.88 bits per heavy atom. The van der Waals surface area contributed by atoms with Crippen molar-refractivity contribution >= 4 is 10.0 Å². The molecule has 0 aliphatic heterocycles. The van der Waals surface area contributed by atoms with E-state index in [0.717, 1.165) is 5.56 Å². The van der Waals surface area contributed by atoms with Crippen LogP contribution in [0.5, 0.6) is 11.5 Å². The molecule has 1 aromatic carbocycles. The Morgan fingerprint density at radius 3 is 2.46 bits per heavy atom. The minimum atomic E-state index is -3.61. The maximum atomic E-state index is 12.3. The maximum Gasteiger partial charge on any atom is 0.245 e. The summed E-state index contributed by atoms with van der Waals surface area (Å²) in [6, 6.07) is 5.66. The smallest absolute Gasteiger partial charge is 0.245 e. The van der Waals surface area contributed by atoms with Crippen molar-refractivity contribution in [3.8, 4) is 11.5 Å².